The van der Waals surface area contributed by atoms with Crippen molar-refractivity contribution in [2.45, 2.75) is 38.8 Å². The highest BCUT2D eigenvalue weighted by Crippen LogP contribution is 2.28. The Kier molecular flexibility index (Phi) is 8.59. The smallest absolute Gasteiger partial charge is 0.405 e. The van der Waals surface area contributed by atoms with E-state index in [4.69, 9.17) is 0 Å². The summed E-state index contributed by atoms with van der Waals surface area (Å²) >= 11 is 0. The van der Waals surface area contributed by atoms with Crippen molar-refractivity contribution in [3.63, 3.8) is 0 Å². The number of likely N-dealkylation sites (tertiary alicyclic amines) is 1. The molecule has 1 atom stereocenters. The van der Waals surface area contributed by atoms with E-state index in [0.29, 0.717) is 18.5 Å². The van der Waals surface area contributed by atoms with Crippen LogP contribution in [0.1, 0.15) is 45.3 Å². The van der Waals surface area contributed by atoms with Crippen LogP contribution in [0.5, 0.6) is 5.75 Å². The molecular weight excluding hydrogens is 547 g/mol. The number of H-pyrrole nitrogens is 1. The van der Waals surface area contributed by atoms with E-state index < -0.39 is 41.7 Å². The van der Waals surface area contributed by atoms with Crippen molar-refractivity contribution in [3.05, 3.63) is 97.8 Å². The molecule has 0 unspecified atom stereocenters. The van der Waals surface area contributed by atoms with Crippen LogP contribution in [-0.2, 0) is 17.9 Å². The predicted octanol–water partition coefficient (Wildman–Crippen LogP) is 1.76. The van der Waals surface area contributed by atoms with E-state index in [9.17, 15) is 37.1 Å². The van der Waals surface area contributed by atoms with E-state index in [1.54, 1.807) is 30.3 Å². The lowest BCUT2D eigenvalue weighted by Crippen LogP contribution is -2.38. The second kappa shape index (κ2) is 12.1. The third-order valence-corrected chi connectivity index (χ3v) is 6.31. The average Bonchev–Trinajstić information content (AvgIpc) is 3.36. The van der Waals surface area contributed by atoms with Gasteiger partial charge in [-0.05, 0) is 24.1 Å². The molecule has 1 fully saturated rings. The molecule has 41 heavy (non-hydrogen) atoms. The summed E-state index contributed by atoms with van der Waals surface area (Å²) in [7, 11) is 0. The van der Waals surface area contributed by atoms with Crippen molar-refractivity contribution in [1.29, 1.82) is 0 Å². The molecular formula is C27H26F3N5O6. The number of amides is 3. The SMILES string of the molecule is CC(=O)N[C@H]1CCN(C(=O)c2ccc(CNC(=O)c3cc(=O)n(Cc4ccccc4)c(=O)[nH]3)c(OC(F)(F)F)c2)C1. The fraction of sp³-hybridized carbons (Fsp3) is 0.296. The normalized spacial score (nSPS) is 14.9. The minimum absolute atomic E-state index is 0.0224. The number of carbonyl (C=O) groups excluding carboxylic acids is 3. The first kappa shape index (κ1) is 29.1. The van der Waals surface area contributed by atoms with Crippen molar-refractivity contribution in [1.82, 2.24) is 25.1 Å². The summed E-state index contributed by atoms with van der Waals surface area (Å²) in [6, 6.07) is 12.8. The highest BCUT2D eigenvalue weighted by molar-refractivity contribution is 5.95. The van der Waals surface area contributed by atoms with Gasteiger partial charge in [0.15, 0.2) is 0 Å². The van der Waals surface area contributed by atoms with Crippen molar-refractivity contribution in [2.75, 3.05) is 13.1 Å². The number of rotatable bonds is 8. The number of ether oxygens (including phenoxy) is 1. The van der Waals surface area contributed by atoms with Crippen molar-refractivity contribution in [3.8, 4) is 5.75 Å². The number of benzene rings is 2. The van der Waals surface area contributed by atoms with Gasteiger partial charge in [-0.15, -0.1) is 13.2 Å². The number of alkyl halides is 3. The van der Waals surface area contributed by atoms with Gasteiger partial charge in [0.05, 0.1) is 6.54 Å². The van der Waals surface area contributed by atoms with Crippen LogP contribution in [0.15, 0.2) is 64.2 Å². The van der Waals surface area contributed by atoms with E-state index in [-0.39, 0.29) is 41.9 Å². The van der Waals surface area contributed by atoms with Crippen molar-refractivity contribution < 1.29 is 32.3 Å². The van der Waals surface area contributed by atoms with Crippen LogP contribution in [0.4, 0.5) is 13.2 Å². The Morgan fingerprint density at radius 3 is 2.46 bits per heavy atom. The molecule has 0 radical (unpaired) electrons. The fourth-order valence-electron chi connectivity index (χ4n) is 4.41. The molecule has 1 aliphatic heterocycles. The second-order valence-corrected chi connectivity index (χ2v) is 9.39. The number of nitrogens with one attached hydrogen (secondary N) is 3. The number of halogens is 3. The molecule has 0 spiro atoms. The van der Waals surface area contributed by atoms with Crippen LogP contribution in [-0.4, -0.2) is 57.7 Å². The van der Waals surface area contributed by atoms with E-state index in [0.717, 1.165) is 16.7 Å². The Balaban J connectivity index is 1.48. The maximum Gasteiger partial charge on any atom is 0.573 e. The minimum Gasteiger partial charge on any atom is -0.405 e. The highest BCUT2D eigenvalue weighted by Gasteiger charge is 2.33. The monoisotopic (exact) mass is 573 g/mol. The lowest BCUT2D eigenvalue weighted by atomic mass is 10.1. The van der Waals surface area contributed by atoms with Gasteiger partial charge in [-0.3, -0.25) is 23.7 Å². The molecule has 14 heteroatoms. The molecule has 3 amide bonds. The number of aromatic amines is 1. The molecule has 2 aromatic carbocycles. The molecule has 1 saturated heterocycles. The predicted molar refractivity (Wildman–Crippen MR) is 139 cm³/mol. The van der Waals surface area contributed by atoms with Gasteiger partial charge in [0.2, 0.25) is 5.91 Å². The summed E-state index contributed by atoms with van der Waals surface area (Å²) in [5, 5.41) is 5.05. The van der Waals surface area contributed by atoms with Crippen molar-refractivity contribution >= 4 is 17.7 Å². The first-order valence-corrected chi connectivity index (χ1v) is 12.5. The van der Waals surface area contributed by atoms with Crippen LogP contribution in [0.2, 0.25) is 0 Å². The van der Waals surface area contributed by atoms with Gasteiger partial charge >= 0.3 is 12.1 Å². The summed E-state index contributed by atoms with van der Waals surface area (Å²) < 4.78 is 44.5. The first-order valence-electron chi connectivity index (χ1n) is 12.5. The zero-order valence-electron chi connectivity index (χ0n) is 21.8. The lowest BCUT2D eigenvalue weighted by molar-refractivity contribution is -0.274. The Bertz CT molecular complexity index is 1540. The number of nitrogens with zero attached hydrogens (tertiary/aromatic N) is 2. The Morgan fingerprint density at radius 1 is 1.07 bits per heavy atom. The van der Waals surface area contributed by atoms with Gasteiger partial charge in [0.1, 0.15) is 11.4 Å². The van der Waals surface area contributed by atoms with Gasteiger partial charge in [-0.2, -0.15) is 0 Å². The van der Waals surface area contributed by atoms with E-state index in [1.165, 1.54) is 24.0 Å². The summed E-state index contributed by atoms with van der Waals surface area (Å²) in [5.41, 5.74) is -1.45. The molecule has 1 aromatic heterocycles. The lowest BCUT2D eigenvalue weighted by Gasteiger charge is -2.19. The Morgan fingerprint density at radius 2 is 1.80 bits per heavy atom. The second-order valence-electron chi connectivity index (χ2n) is 9.39. The Labute approximate surface area is 230 Å². The summed E-state index contributed by atoms with van der Waals surface area (Å²) in [5.74, 6) is -2.42. The fourth-order valence-corrected chi connectivity index (χ4v) is 4.41. The summed E-state index contributed by atoms with van der Waals surface area (Å²) in [6.07, 6.45) is -4.58. The topological polar surface area (TPSA) is 143 Å². The largest absolute Gasteiger partial charge is 0.573 e. The molecule has 0 bridgehead atoms. The van der Waals surface area contributed by atoms with Crippen LogP contribution in [0, 0.1) is 0 Å². The van der Waals surface area contributed by atoms with Gasteiger partial charge in [-0.1, -0.05) is 36.4 Å². The van der Waals surface area contributed by atoms with Crippen LogP contribution in [0.25, 0.3) is 0 Å². The molecule has 216 valence electrons. The molecule has 2 heterocycles. The van der Waals surface area contributed by atoms with Crippen LogP contribution >= 0.6 is 0 Å². The molecule has 0 saturated carbocycles. The maximum atomic E-state index is 13.2. The number of hydrogen-bond donors (Lipinski definition) is 3. The van der Waals surface area contributed by atoms with E-state index >= 15 is 0 Å². The van der Waals surface area contributed by atoms with Gasteiger partial charge < -0.3 is 25.3 Å². The third-order valence-electron chi connectivity index (χ3n) is 6.31. The molecule has 3 aromatic rings. The van der Waals surface area contributed by atoms with Crippen LogP contribution < -0.4 is 26.6 Å². The minimum atomic E-state index is -5.08. The third kappa shape index (κ3) is 7.62. The summed E-state index contributed by atoms with van der Waals surface area (Å²) in [6.45, 7) is 1.36. The number of aromatic nitrogens is 2. The molecule has 0 aliphatic carbocycles. The van der Waals surface area contributed by atoms with Crippen LogP contribution in [0.3, 0.4) is 0 Å². The van der Waals surface area contributed by atoms with E-state index in [2.05, 4.69) is 20.4 Å². The van der Waals surface area contributed by atoms with Gasteiger partial charge in [0, 0.05) is 49.8 Å². The molecule has 11 nitrogen and oxygen atoms in total. The Hall–Kier alpha value is -4.88. The van der Waals surface area contributed by atoms with Gasteiger partial charge in [-0.25, -0.2) is 4.79 Å². The average molecular weight is 574 g/mol. The van der Waals surface area contributed by atoms with Crippen molar-refractivity contribution in [2.24, 2.45) is 0 Å². The zero-order valence-corrected chi connectivity index (χ0v) is 21.8. The van der Waals surface area contributed by atoms with Gasteiger partial charge in [0.25, 0.3) is 17.4 Å². The highest BCUT2D eigenvalue weighted by atomic mass is 19.4. The molecule has 3 N–H and O–H groups in total. The molecule has 4 rings (SSSR count). The number of hydrogen-bond acceptors (Lipinski definition) is 6. The number of carbonyl (C=O) groups is 3. The maximum absolute atomic E-state index is 13.2. The standard InChI is InChI=1S/C27H26F3N5O6/c1-16(36)32-20-9-10-34(15-20)25(39)18-7-8-19(22(11-18)41-27(28,29)30)13-31-24(38)21-12-23(37)35(26(40)33-21)14-17-5-3-2-4-6-17/h2-8,11-12,20H,9-10,13-15H2,1H3,(H,31,38)(H,32,36)(H,33,40)/t20-/m0/s1. The van der Waals surface area contributed by atoms with E-state index in [1.807, 2.05) is 0 Å². The zero-order chi connectivity index (χ0) is 29.7. The summed E-state index contributed by atoms with van der Waals surface area (Å²) in [4.78, 5) is 65.5. The molecule has 1 aliphatic rings. The first-order chi connectivity index (χ1) is 19.4. The quantitative estimate of drug-likeness (QED) is 0.375.